The van der Waals surface area contributed by atoms with Crippen LogP contribution in [0.4, 0.5) is 0 Å². The van der Waals surface area contributed by atoms with Crippen LogP contribution in [0.15, 0.2) is 48.6 Å². The van der Waals surface area contributed by atoms with Crippen LogP contribution < -0.4 is 0 Å². The third-order valence-electron chi connectivity index (χ3n) is 4.04. The van der Waals surface area contributed by atoms with Crippen molar-refractivity contribution in [3.63, 3.8) is 0 Å². The molecule has 2 rings (SSSR count). The van der Waals surface area contributed by atoms with Crippen molar-refractivity contribution in [2.45, 2.75) is 50.0 Å². The Hall–Kier alpha value is -1.22. The Bertz CT molecular complexity index is 610. The lowest BCUT2D eigenvalue weighted by molar-refractivity contribution is 0.869. The first-order valence-electron chi connectivity index (χ1n) is 9.40. The van der Waals surface area contributed by atoms with Gasteiger partial charge in [-0.3, -0.25) is 0 Å². The zero-order chi connectivity index (χ0) is 18.9. The molecule has 0 saturated carbocycles. The number of allylic oxidation sites excluding steroid dienone is 8. The minimum absolute atomic E-state index is 0.0322. The van der Waals surface area contributed by atoms with E-state index < -0.39 is 0 Å². The largest absolute Gasteiger partial charge is 0.143 e. The summed E-state index contributed by atoms with van der Waals surface area (Å²) < 4.78 is 0.0644. The molecule has 0 atom stereocenters. The topological polar surface area (TPSA) is 0 Å². The highest BCUT2D eigenvalue weighted by atomic mass is 32.2. The minimum atomic E-state index is 0.0322. The van der Waals surface area contributed by atoms with Gasteiger partial charge in [0.2, 0.25) is 0 Å². The number of thioether (sulfide) groups is 2. The molecule has 0 spiro atoms. The highest BCUT2D eigenvalue weighted by molar-refractivity contribution is 8.01. The Morgan fingerprint density at radius 3 is 1.35 bits per heavy atom. The van der Waals surface area contributed by atoms with Crippen molar-refractivity contribution in [3.8, 4) is 23.7 Å². The van der Waals surface area contributed by atoms with Crippen molar-refractivity contribution in [2.24, 2.45) is 11.8 Å². The van der Waals surface area contributed by atoms with Gasteiger partial charge in [0.25, 0.3) is 0 Å². The van der Waals surface area contributed by atoms with E-state index in [1.54, 1.807) is 0 Å². The van der Waals surface area contributed by atoms with E-state index in [0.717, 1.165) is 0 Å². The molecule has 0 fully saturated rings. The van der Waals surface area contributed by atoms with E-state index in [9.17, 15) is 0 Å². The van der Waals surface area contributed by atoms with Gasteiger partial charge in [0, 0.05) is 0 Å². The number of hydrogen-bond donors (Lipinski definition) is 0. The fourth-order valence-corrected chi connectivity index (χ4v) is 4.48. The van der Waals surface area contributed by atoms with Gasteiger partial charge in [-0.25, -0.2) is 0 Å². The molecule has 2 heteroatoms. The van der Waals surface area contributed by atoms with Crippen molar-refractivity contribution in [1.82, 2.24) is 0 Å². The van der Waals surface area contributed by atoms with Crippen LogP contribution in [-0.2, 0) is 0 Å². The van der Waals surface area contributed by atoms with Crippen LogP contribution in [0.25, 0.3) is 0 Å². The Morgan fingerprint density at radius 2 is 1.00 bits per heavy atom. The molecule has 0 bridgehead atoms. The van der Waals surface area contributed by atoms with E-state index in [0.29, 0.717) is 11.8 Å². The molecule has 0 aromatic carbocycles. The van der Waals surface area contributed by atoms with Gasteiger partial charge in [-0.1, -0.05) is 72.3 Å². The fraction of sp³-hybridized carbons (Fsp3) is 0.500. The van der Waals surface area contributed by atoms with Crippen LogP contribution in [0.5, 0.6) is 0 Å². The second-order valence-corrected chi connectivity index (χ2v) is 11.0. The van der Waals surface area contributed by atoms with Crippen LogP contribution >= 0.6 is 23.5 Å². The molecule has 0 radical (unpaired) electrons. The van der Waals surface area contributed by atoms with Crippen LogP contribution in [0.3, 0.4) is 0 Å². The summed E-state index contributed by atoms with van der Waals surface area (Å²) in [6, 6.07) is 0. The monoisotopic (exact) mass is 382 g/mol. The van der Waals surface area contributed by atoms with Gasteiger partial charge in [-0.15, -0.1) is 23.5 Å². The van der Waals surface area contributed by atoms with Gasteiger partial charge in [0.05, 0.1) is 21.3 Å². The lowest BCUT2D eigenvalue weighted by Crippen LogP contribution is -2.13. The zero-order valence-corrected chi connectivity index (χ0v) is 18.1. The van der Waals surface area contributed by atoms with Crippen LogP contribution in [-0.4, -0.2) is 21.0 Å². The maximum atomic E-state index is 3.44. The Balaban J connectivity index is 1.60. The van der Waals surface area contributed by atoms with Crippen LogP contribution in [0.2, 0.25) is 0 Å². The van der Waals surface area contributed by atoms with Gasteiger partial charge in [0.1, 0.15) is 0 Å². The molecular formula is C24H30S2. The van der Waals surface area contributed by atoms with Gasteiger partial charge < -0.3 is 0 Å². The summed E-state index contributed by atoms with van der Waals surface area (Å²) in [6.07, 6.45) is 19.4. The van der Waals surface area contributed by atoms with E-state index >= 15 is 0 Å². The van der Waals surface area contributed by atoms with E-state index in [1.807, 2.05) is 23.5 Å². The Morgan fingerprint density at radius 1 is 0.654 bits per heavy atom. The summed E-state index contributed by atoms with van der Waals surface area (Å²) in [6.45, 7) is 8.91. The normalized spacial score (nSPS) is 16.6. The summed E-state index contributed by atoms with van der Waals surface area (Å²) in [7, 11) is 0. The van der Waals surface area contributed by atoms with Crippen molar-refractivity contribution in [3.05, 3.63) is 48.6 Å². The van der Waals surface area contributed by atoms with E-state index in [-0.39, 0.29) is 9.49 Å². The first-order chi connectivity index (χ1) is 12.4. The Kier molecular flexibility index (Phi) is 8.27. The SMILES string of the molecule is CC(C)(C#CC1C=CC=C1)SCCCCSC(C)(C)C#CC1C=CC=C1. The van der Waals surface area contributed by atoms with E-state index in [2.05, 4.69) is 100.0 Å². The summed E-state index contributed by atoms with van der Waals surface area (Å²) in [5.41, 5.74) is 0. The van der Waals surface area contributed by atoms with Crippen molar-refractivity contribution >= 4 is 23.5 Å². The van der Waals surface area contributed by atoms with Crippen molar-refractivity contribution < 1.29 is 0 Å². The first kappa shape index (κ1) is 21.1. The third kappa shape index (κ3) is 8.44. The maximum Gasteiger partial charge on any atom is 0.0709 e. The molecule has 0 N–H and O–H groups in total. The minimum Gasteiger partial charge on any atom is -0.143 e. The Labute approximate surface area is 169 Å². The quantitative estimate of drug-likeness (QED) is 0.375. The molecule has 0 saturated heterocycles. The third-order valence-corrected chi connectivity index (χ3v) is 6.67. The molecule has 2 aliphatic rings. The maximum absolute atomic E-state index is 3.44. The summed E-state index contributed by atoms with van der Waals surface area (Å²) in [5, 5.41) is 0. The molecule has 0 aromatic heterocycles. The number of rotatable bonds is 7. The molecular weight excluding hydrogens is 352 g/mol. The zero-order valence-electron chi connectivity index (χ0n) is 16.4. The predicted octanol–water partition coefficient (Wildman–Crippen LogP) is 6.28. The molecule has 138 valence electrons. The molecule has 0 nitrogen and oxygen atoms in total. The van der Waals surface area contributed by atoms with Crippen molar-refractivity contribution in [2.75, 3.05) is 11.5 Å². The fourth-order valence-electron chi connectivity index (χ4n) is 2.50. The van der Waals surface area contributed by atoms with Crippen molar-refractivity contribution in [1.29, 1.82) is 0 Å². The molecule has 0 aromatic rings. The average Bonchev–Trinajstić information content (AvgIpc) is 3.28. The highest BCUT2D eigenvalue weighted by Crippen LogP contribution is 2.28. The predicted molar refractivity (Wildman–Crippen MR) is 121 cm³/mol. The molecule has 0 unspecified atom stereocenters. The highest BCUT2D eigenvalue weighted by Gasteiger charge is 2.16. The standard InChI is InChI=1S/C24H30S2/c1-23(2,17-15-21-11-5-6-12-21)25-19-9-10-20-26-24(3,4)18-16-22-13-7-8-14-22/h5-8,11-14,21-22H,9-10,19-20H2,1-4H3. The second kappa shape index (κ2) is 10.2. The molecule has 2 aliphatic carbocycles. The average molecular weight is 383 g/mol. The van der Waals surface area contributed by atoms with Gasteiger partial charge in [0.15, 0.2) is 0 Å². The second-order valence-electron chi connectivity index (χ2n) is 7.55. The van der Waals surface area contributed by atoms with Crippen LogP contribution in [0.1, 0.15) is 40.5 Å². The van der Waals surface area contributed by atoms with Crippen LogP contribution in [0, 0.1) is 35.5 Å². The summed E-state index contributed by atoms with van der Waals surface area (Å²) in [5.74, 6) is 16.5. The van der Waals surface area contributed by atoms with E-state index in [1.165, 1.54) is 24.3 Å². The lowest BCUT2D eigenvalue weighted by Gasteiger charge is -2.19. The molecule has 26 heavy (non-hydrogen) atoms. The van der Waals surface area contributed by atoms with Gasteiger partial charge >= 0.3 is 0 Å². The first-order valence-corrected chi connectivity index (χ1v) is 11.4. The van der Waals surface area contributed by atoms with Gasteiger partial charge in [-0.2, -0.15) is 0 Å². The lowest BCUT2D eigenvalue weighted by atomic mass is 10.1. The number of hydrogen-bond acceptors (Lipinski definition) is 2. The van der Waals surface area contributed by atoms with E-state index in [4.69, 9.17) is 0 Å². The number of unbranched alkanes of at least 4 members (excludes halogenated alkanes) is 1. The molecule has 0 aliphatic heterocycles. The smallest absolute Gasteiger partial charge is 0.0709 e. The summed E-state index contributed by atoms with van der Waals surface area (Å²) in [4.78, 5) is 0. The molecule has 0 amide bonds. The molecule has 0 heterocycles. The van der Waals surface area contributed by atoms with Gasteiger partial charge in [-0.05, 0) is 52.0 Å². The summed E-state index contributed by atoms with van der Waals surface area (Å²) >= 11 is 3.95.